The molecule has 0 radical (unpaired) electrons. The molecule has 8 heteroatoms. The van der Waals surface area contributed by atoms with Crippen molar-refractivity contribution in [2.75, 3.05) is 20.7 Å². The molecule has 2 atom stereocenters. The fourth-order valence-corrected chi connectivity index (χ4v) is 4.79. The van der Waals surface area contributed by atoms with E-state index in [1.54, 1.807) is 37.4 Å². The van der Waals surface area contributed by atoms with Crippen molar-refractivity contribution in [2.24, 2.45) is 0 Å². The SMILES string of the molecule is CN1OCC(S(=O)(=O)N(C)Cc2ccco2)C1c1ccccc1Cl. The number of hydrogen-bond donors (Lipinski definition) is 0. The molecule has 1 aromatic heterocycles. The third-order valence-corrected chi connectivity index (χ3v) is 6.69. The normalized spacial score (nSPS) is 22.3. The molecule has 24 heavy (non-hydrogen) atoms. The van der Waals surface area contributed by atoms with Gasteiger partial charge in [-0.2, -0.15) is 9.37 Å². The fraction of sp³-hybridized carbons (Fsp3) is 0.375. The standard InChI is InChI=1S/C16H19ClN2O4S/c1-18(10-12-6-5-9-22-12)24(20,21)15-11-23-19(2)16(15)13-7-3-4-8-14(13)17/h3-9,15-16H,10-11H2,1-2H3. The molecule has 1 saturated heterocycles. The summed E-state index contributed by atoms with van der Waals surface area (Å²) >= 11 is 6.27. The minimum absolute atomic E-state index is 0.0806. The Morgan fingerprint density at radius 1 is 1.29 bits per heavy atom. The molecule has 2 unspecified atom stereocenters. The molecule has 1 aliphatic rings. The van der Waals surface area contributed by atoms with Gasteiger partial charge in [0.05, 0.1) is 25.5 Å². The third kappa shape index (κ3) is 3.22. The highest BCUT2D eigenvalue weighted by Crippen LogP contribution is 2.37. The van der Waals surface area contributed by atoms with Crippen LogP contribution in [0.5, 0.6) is 0 Å². The molecule has 0 bridgehead atoms. The van der Waals surface area contributed by atoms with E-state index in [0.717, 1.165) is 5.56 Å². The van der Waals surface area contributed by atoms with Gasteiger partial charge in [0.1, 0.15) is 11.0 Å². The lowest BCUT2D eigenvalue weighted by molar-refractivity contribution is -0.110. The Labute approximate surface area is 146 Å². The summed E-state index contributed by atoms with van der Waals surface area (Å²) in [6.45, 7) is 0.252. The molecule has 0 N–H and O–H groups in total. The zero-order chi connectivity index (χ0) is 17.3. The molecule has 1 aliphatic heterocycles. The maximum atomic E-state index is 13.0. The average Bonchev–Trinajstić information content (AvgIpc) is 3.18. The lowest BCUT2D eigenvalue weighted by Crippen LogP contribution is -2.40. The van der Waals surface area contributed by atoms with Crippen LogP contribution in [0.1, 0.15) is 17.4 Å². The Hall–Kier alpha value is -1.38. The molecular weight excluding hydrogens is 352 g/mol. The largest absolute Gasteiger partial charge is 0.468 e. The van der Waals surface area contributed by atoms with E-state index < -0.39 is 21.3 Å². The Balaban J connectivity index is 1.90. The average molecular weight is 371 g/mol. The van der Waals surface area contributed by atoms with Crippen LogP contribution in [0.25, 0.3) is 0 Å². The smallest absolute Gasteiger partial charge is 0.221 e. The first-order valence-corrected chi connectivity index (χ1v) is 9.37. The van der Waals surface area contributed by atoms with Crippen molar-refractivity contribution in [1.29, 1.82) is 0 Å². The minimum Gasteiger partial charge on any atom is -0.468 e. The van der Waals surface area contributed by atoms with Crippen molar-refractivity contribution in [1.82, 2.24) is 9.37 Å². The second-order valence-electron chi connectivity index (χ2n) is 5.73. The van der Waals surface area contributed by atoms with Crippen molar-refractivity contribution in [3.05, 3.63) is 59.0 Å². The molecule has 0 saturated carbocycles. The minimum atomic E-state index is -3.61. The van der Waals surface area contributed by atoms with Gasteiger partial charge in [-0.3, -0.25) is 4.84 Å². The van der Waals surface area contributed by atoms with Crippen LogP contribution in [-0.2, 0) is 21.4 Å². The van der Waals surface area contributed by atoms with Crippen LogP contribution in [0.15, 0.2) is 47.1 Å². The lowest BCUT2D eigenvalue weighted by Gasteiger charge is -2.26. The predicted octanol–water partition coefficient (Wildman–Crippen LogP) is 2.68. The van der Waals surface area contributed by atoms with Gasteiger partial charge in [-0.15, -0.1) is 0 Å². The summed E-state index contributed by atoms with van der Waals surface area (Å²) in [4.78, 5) is 5.50. The van der Waals surface area contributed by atoms with Crippen molar-refractivity contribution < 1.29 is 17.7 Å². The van der Waals surface area contributed by atoms with Gasteiger partial charge in [0.15, 0.2) is 0 Å². The first-order chi connectivity index (χ1) is 11.4. The zero-order valence-electron chi connectivity index (χ0n) is 13.4. The molecule has 6 nitrogen and oxygen atoms in total. The summed E-state index contributed by atoms with van der Waals surface area (Å²) < 4.78 is 32.6. The van der Waals surface area contributed by atoms with E-state index in [4.69, 9.17) is 20.9 Å². The number of hydroxylamine groups is 2. The van der Waals surface area contributed by atoms with E-state index in [0.29, 0.717) is 10.8 Å². The van der Waals surface area contributed by atoms with Gasteiger partial charge in [0.25, 0.3) is 0 Å². The highest BCUT2D eigenvalue weighted by atomic mass is 35.5. The summed E-state index contributed by atoms with van der Waals surface area (Å²) in [5.41, 5.74) is 0.735. The Bertz CT molecular complexity index is 794. The number of halogens is 1. The molecular formula is C16H19ClN2O4S. The van der Waals surface area contributed by atoms with Crippen LogP contribution in [0.4, 0.5) is 0 Å². The molecule has 0 amide bonds. The van der Waals surface area contributed by atoms with E-state index in [1.165, 1.54) is 10.6 Å². The maximum Gasteiger partial charge on any atom is 0.221 e. The van der Waals surface area contributed by atoms with Crippen molar-refractivity contribution in [3.8, 4) is 0 Å². The van der Waals surface area contributed by atoms with Crippen LogP contribution in [-0.4, -0.2) is 43.7 Å². The Morgan fingerprint density at radius 2 is 2.04 bits per heavy atom. The topological polar surface area (TPSA) is 63.0 Å². The van der Waals surface area contributed by atoms with E-state index in [9.17, 15) is 8.42 Å². The number of sulfonamides is 1. The van der Waals surface area contributed by atoms with Crippen LogP contribution < -0.4 is 0 Å². The summed E-state index contributed by atoms with van der Waals surface area (Å²) in [7, 11) is -0.354. The van der Waals surface area contributed by atoms with Crippen LogP contribution in [0.2, 0.25) is 5.02 Å². The van der Waals surface area contributed by atoms with Gasteiger partial charge >= 0.3 is 0 Å². The zero-order valence-corrected chi connectivity index (χ0v) is 15.0. The first kappa shape index (κ1) is 17.4. The quantitative estimate of drug-likeness (QED) is 0.809. The van der Waals surface area contributed by atoms with Gasteiger partial charge < -0.3 is 4.42 Å². The monoisotopic (exact) mass is 370 g/mol. The van der Waals surface area contributed by atoms with E-state index in [1.807, 2.05) is 18.2 Å². The van der Waals surface area contributed by atoms with Crippen molar-refractivity contribution in [2.45, 2.75) is 17.8 Å². The van der Waals surface area contributed by atoms with Gasteiger partial charge in [-0.25, -0.2) is 8.42 Å². The number of rotatable bonds is 5. The molecule has 0 aliphatic carbocycles. The van der Waals surface area contributed by atoms with Crippen molar-refractivity contribution >= 4 is 21.6 Å². The highest BCUT2D eigenvalue weighted by molar-refractivity contribution is 7.89. The maximum absolute atomic E-state index is 13.0. The summed E-state index contributed by atoms with van der Waals surface area (Å²) in [5, 5.41) is 1.33. The first-order valence-electron chi connectivity index (χ1n) is 7.49. The fourth-order valence-electron chi connectivity index (χ4n) is 2.90. The molecule has 1 aromatic carbocycles. The number of furan rings is 1. The summed E-state index contributed by atoms with van der Waals surface area (Å²) in [6, 6.07) is 10.2. The number of nitrogens with zero attached hydrogens (tertiary/aromatic N) is 2. The second-order valence-corrected chi connectivity index (χ2v) is 8.39. The van der Waals surface area contributed by atoms with Gasteiger partial charge in [-0.1, -0.05) is 29.8 Å². The van der Waals surface area contributed by atoms with Crippen LogP contribution in [0.3, 0.4) is 0 Å². The molecule has 2 heterocycles. The van der Waals surface area contributed by atoms with Gasteiger partial charge in [-0.05, 0) is 23.8 Å². The second kappa shape index (κ2) is 6.85. The van der Waals surface area contributed by atoms with Gasteiger partial charge in [0.2, 0.25) is 10.0 Å². The number of hydrogen-bond acceptors (Lipinski definition) is 5. The Morgan fingerprint density at radius 3 is 2.71 bits per heavy atom. The third-order valence-electron chi connectivity index (χ3n) is 4.19. The molecule has 0 spiro atoms. The lowest BCUT2D eigenvalue weighted by atomic mass is 10.0. The van der Waals surface area contributed by atoms with Crippen molar-refractivity contribution in [3.63, 3.8) is 0 Å². The summed E-state index contributed by atoms with van der Waals surface area (Å²) in [5.74, 6) is 0.586. The molecule has 3 rings (SSSR count). The van der Waals surface area contributed by atoms with Crippen LogP contribution in [0, 0.1) is 0 Å². The Kier molecular flexibility index (Phi) is 4.98. The molecule has 2 aromatic rings. The van der Waals surface area contributed by atoms with E-state index >= 15 is 0 Å². The van der Waals surface area contributed by atoms with Crippen LogP contribution >= 0.6 is 11.6 Å². The number of benzene rings is 1. The molecule has 1 fully saturated rings. The summed E-state index contributed by atoms with van der Waals surface area (Å²) in [6.07, 6.45) is 1.52. The molecule has 130 valence electrons. The van der Waals surface area contributed by atoms with E-state index in [-0.39, 0.29) is 13.2 Å². The highest BCUT2D eigenvalue weighted by Gasteiger charge is 2.45. The van der Waals surface area contributed by atoms with E-state index in [2.05, 4.69) is 0 Å². The predicted molar refractivity (Wildman–Crippen MR) is 90.8 cm³/mol. The van der Waals surface area contributed by atoms with Gasteiger partial charge in [0, 0.05) is 19.1 Å².